The SMILES string of the molecule is COc1cccc(C(=O)NC2=NC(c3ccccc3Cl)CC(=O)N2)c1. The van der Waals surface area contributed by atoms with Crippen molar-refractivity contribution >= 4 is 29.4 Å². The van der Waals surface area contributed by atoms with E-state index in [9.17, 15) is 9.59 Å². The number of nitrogens with zero attached hydrogens (tertiary/aromatic N) is 1. The van der Waals surface area contributed by atoms with Crippen LogP contribution in [-0.4, -0.2) is 24.9 Å². The van der Waals surface area contributed by atoms with Gasteiger partial charge in [-0.1, -0.05) is 35.9 Å². The van der Waals surface area contributed by atoms with Crippen molar-refractivity contribution in [3.63, 3.8) is 0 Å². The van der Waals surface area contributed by atoms with Crippen molar-refractivity contribution in [3.05, 3.63) is 64.7 Å². The number of hydrogen-bond donors (Lipinski definition) is 2. The van der Waals surface area contributed by atoms with Crippen LogP contribution < -0.4 is 15.4 Å². The third-order valence-corrected chi connectivity index (χ3v) is 4.09. The van der Waals surface area contributed by atoms with Gasteiger partial charge in [0, 0.05) is 10.6 Å². The van der Waals surface area contributed by atoms with Crippen molar-refractivity contribution in [1.29, 1.82) is 0 Å². The van der Waals surface area contributed by atoms with Gasteiger partial charge in [0.1, 0.15) is 5.75 Å². The van der Waals surface area contributed by atoms with E-state index in [2.05, 4.69) is 15.6 Å². The summed E-state index contributed by atoms with van der Waals surface area (Å²) in [6, 6.07) is 13.5. The minimum absolute atomic E-state index is 0.106. The average Bonchev–Trinajstić information content (AvgIpc) is 2.61. The number of amides is 2. The summed E-state index contributed by atoms with van der Waals surface area (Å²) >= 11 is 6.19. The van der Waals surface area contributed by atoms with Crippen LogP contribution in [0.25, 0.3) is 0 Å². The number of hydrogen-bond acceptors (Lipinski definition) is 4. The molecule has 1 aliphatic heterocycles. The van der Waals surface area contributed by atoms with Crippen molar-refractivity contribution < 1.29 is 14.3 Å². The predicted molar refractivity (Wildman–Crippen MR) is 94.8 cm³/mol. The molecule has 1 heterocycles. The Hall–Kier alpha value is -2.86. The predicted octanol–water partition coefficient (Wildman–Crippen LogP) is 2.70. The van der Waals surface area contributed by atoms with E-state index in [1.54, 1.807) is 30.3 Å². The molecule has 1 atom stereocenters. The molecule has 128 valence electrons. The van der Waals surface area contributed by atoms with Crippen LogP contribution in [0.3, 0.4) is 0 Å². The molecule has 0 aromatic heterocycles. The maximum absolute atomic E-state index is 12.4. The highest BCUT2D eigenvalue weighted by Gasteiger charge is 2.25. The molecule has 2 aromatic rings. The highest BCUT2D eigenvalue weighted by atomic mass is 35.5. The molecular weight excluding hydrogens is 342 g/mol. The van der Waals surface area contributed by atoms with Crippen LogP contribution >= 0.6 is 11.6 Å². The van der Waals surface area contributed by atoms with Crippen LogP contribution in [0.4, 0.5) is 0 Å². The van der Waals surface area contributed by atoms with Crippen molar-refractivity contribution in [2.24, 2.45) is 4.99 Å². The van der Waals surface area contributed by atoms with E-state index >= 15 is 0 Å². The molecule has 0 radical (unpaired) electrons. The number of aliphatic imine (C=N–C) groups is 1. The number of nitrogens with one attached hydrogen (secondary N) is 2. The van der Waals surface area contributed by atoms with Gasteiger partial charge in [-0.05, 0) is 29.8 Å². The van der Waals surface area contributed by atoms with E-state index in [4.69, 9.17) is 16.3 Å². The maximum Gasteiger partial charge on any atom is 0.258 e. The number of methoxy groups -OCH3 is 1. The minimum Gasteiger partial charge on any atom is -0.497 e. The van der Waals surface area contributed by atoms with Gasteiger partial charge in [0.15, 0.2) is 0 Å². The number of rotatable bonds is 3. The van der Waals surface area contributed by atoms with Crippen LogP contribution in [0.1, 0.15) is 28.4 Å². The summed E-state index contributed by atoms with van der Waals surface area (Å²) in [6.07, 6.45) is 0.169. The van der Waals surface area contributed by atoms with Crippen LogP contribution in [0, 0.1) is 0 Å². The Labute approximate surface area is 149 Å². The zero-order valence-corrected chi connectivity index (χ0v) is 14.2. The van der Waals surface area contributed by atoms with Gasteiger partial charge in [0.25, 0.3) is 5.91 Å². The zero-order chi connectivity index (χ0) is 17.8. The Morgan fingerprint density at radius 2 is 2.08 bits per heavy atom. The summed E-state index contributed by atoms with van der Waals surface area (Å²) in [5.41, 5.74) is 1.14. The van der Waals surface area contributed by atoms with Crippen molar-refractivity contribution in [2.45, 2.75) is 12.5 Å². The van der Waals surface area contributed by atoms with Crippen LogP contribution in [-0.2, 0) is 4.79 Å². The molecule has 7 heteroatoms. The first kappa shape index (κ1) is 17.0. The lowest BCUT2D eigenvalue weighted by molar-refractivity contribution is -0.120. The molecule has 1 unspecified atom stereocenters. The maximum atomic E-state index is 12.4. The normalized spacial score (nSPS) is 16.6. The second-order valence-corrected chi connectivity index (χ2v) is 5.86. The van der Waals surface area contributed by atoms with Gasteiger partial charge in [-0.25, -0.2) is 4.99 Å². The molecule has 2 amide bonds. The van der Waals surface area contributed by atoms with E-state index in [1.165, 1.54) is 7.11 Å². The summed E-state index contributed by atoms with van der Waals surface area (Å²) in [7, 11) is 1.52. The average molecular weight is 358 g/mol. The Kier molecular flexibility index (Phi) is 5.00. The second-order valence-electron chi connectivity index (χ2n) is 5.45. The van der Waals surface area contributed by atoms with E-state index < -0.39 is 11.9 Å². The van der Waals surface area contributed by atoms with Gasteiger partial charge in [-0.15, -0.1) is 0 Å². The van der Waals surface area contributed by atoms with E-state index in [-0.39, 0.29) is 18.3 Å². The molecule has 0 spiro atoms. The summed E-state index contributed by atoms with van der Waals surface area (Å²) in [5.74, 6) is 0.0452. The molecule has 0 saturated heterocycles. The number of carbonyl (C=O) groups excluding carboxylic acids is 2. The van der Waals surface area contributed by atoms with E-state index in [1.807, 2.05) is 18.2 Å². The summed E-state index contributed by atoms with van der Waals surface area (Å²) < 4.78 is 5.11. The molecule has 1 aliphatic rings. The minimum atomic E-state index is -0.442. The fraction of sp³-hybridized carbons (Fsp3) is 0.167. The van der Waals surface area contributed by atoms with Crippen LogP contribution in [0.5, 0.6) is 5.75 Å². The zero-order valence-electron chi connectivity index (χ0n) is 13.5. The molecule has 0 bridgehead atoms. The lowest BCUT2D eigenvalue weighted by Gasteiger charge is -2.22. The number of carbonyl (C=O) groups is 2. The van der Waals surface area contributed by atoms with Gasteiger partial charge >= 0.3 is 0 Å². The third kappa shape index (κ3) is 3.97. The first-order valence-electron chi connectivity index (χ1n) is 7.64. The topological polar surface area (TPSA) is 79.8 Å². The highest BCUT2D eigenvalue weighted by molar-refractivity contribution is 6.31. The van der Waals surface area contributed by atoms with Gasteiger partial charge < -0.3 is 4.74 Å². The smallest absolute Gasteiger partial charge is 0.258 e. The van der Waals surface area contributed by atoms with Crippen molar-refractivity contribution in [1.82, 2.24) is 10.6 Å². The van der Waals surface area contributed by atoms with Gasteiger partial charge in [0.2, 0.25) is 11.9 Å². The largest absolute Gasteiger partial charge is 0.497 e. The molecule has 6 nitrogen and oxygen atoms in total. The first-order chi connectivity index (χ1) is 12.1. The summed E-state index contributed by atoms with van der Waals surface area (Å²) in [6.45, 7) is 0. The summed E-state index contributed by atoms with van der Waals surface area (Å²) in [5, 5.41) is 5.72. The Bertz CT molecular complexity index is 851. The Morgan fingerprint density at radius 1 is 1.28 bits per heavy atom. The Balaban J connectivity index is 1.82. The molecule has 2 N–H and O–H groups in total. The molecule has 2 aromatic carbocycles. The van der Waals surface area contributed by atoms with Crippen molar-refractivity contribution in [2.75, 3.05) is 7.11 Å². The van der Waals surface area contributed by atoms with E-state index in [0.29, 0.717) is 16.3 Å². The summed E-state index contributed by atoms with van der Waals surface area (Å²) in [4.78, 5) is 28.8. The molecule has 25 heavy (non-hydrogen) atoms. The first-order valence-corrected chi connectivity index (χ1v) is 8.02. The number of halogens is 1. The number of ether oxygens (including phenoxy) is 1. The fourth-order valence-corrected chi connectivity index (χ4v) is 2.79. The van der Waals surface area contributed by atoms with Crippen LogP contribution in [0.15, 0.2) is 53.5 Å². The molecule has 3 rings (SSSR count). The number of benzene rings is 2. The van der Waals surface area contributed by atoms with Crippen molar-refractivity contribution in [3.8, 4) is 5.75 Å². The molecule has 0 fully saturated rings. The molecular formula is C18H16ClN3O3. The molecule has 0 aliphatic carbocycles. The van der Waals surface area contributed by atoms with Gasteiger partial charge in [-0.3, -0.25) is 20.2 Å². The molecule has 0 saturated carbocycles. The number of guanidine groups is 1. The van der Waals surface area contributed by atoms with Crippen LogP contribution in [0.2, 0.25) is 5.02 Å². The Morgan fingerprint density at radius 3 is 2.84 bits per heavy atom. The second kappa shape index (κ2) is 7.36. The fourth-order valence-electron chi connectivity index (χ4n) is 2.52. The van der Waals surface area contributed by atoms with Gasteiger partial charge in [0.05, 0.1) is 19.6 Å². The monoisotopic (exact) mass is 357 g/mol. The standard InChI is InChI=1S/C18H16ClN3O3/c1-25-12-6-4-5-11(9-12)17(24)22-18-20-15(10-16(23)21-18)13-7-2-3-8-14(13)19/h2-9,15H,10H2,1H3,(H2,20,21,22,23,24). The van der Waals surface area contributed by atoms with Gasteiger partial charge in [-0.2, -0.15) is 0 Å². The highest BCUT2D eigenvalue weighted by Crippen LogP contribution is 2.29. The lowest BCUT2D eigenvalue weighted by atomic mass is 10.0. The quantitative estimate of drug-likeness (QED) is 0.886. The lowest BCUT2D eigenvalue weighted by Crippen LogP contribution is -2.47. The third-order valence-electron chi connectivity index (χ3n) is 3.75. The van der Waals surface area contributed by atoms with E-state index in [0.717, 1.165) is 5.56 Å².